The summed E-state index contributed by atoms with van der Waals surface area (Å²) < 4.78 is 28.3. The molecule has 7 nitrogen and oxygen atoms in total. The molecule has 0 aliphatic heterocycles. The van der Waals surface area contributed by atoms with Gasteiger partial charge in [-0.15, -0.1) is 5.10 Å². The maximum absolute atomic E-state index is 11.4. The number of rotatable bonds is 6. The van der Waals surface area contributed by atoms with Gasteiger partial charge in [-0.05, 0) is 43.7 Å². The SMILES string of the molecule is Cc1nnc(NCCOc2ccc(S(C)(=O)=O)cc2)c(C#N)c1C. The van der Waals surface area contributed by atoms with E-state index >= 15 is 0 Å². The fourth-order valence-electron chi connectivity index (χ4n) is 1.99. The van der Waals surface area contributed by atoms with Crippen LogP contribution in [0.4, 0.5) is 5.82 Å². The number of ether oxygens (including phenoxy) is 1. The van der Waals surface area contributed by atoms with Crippen LogP contribution in [-0.2, 0) is 9.84 Å². The van der Waals surface area contributed by atoms with Gasteiger partial charge in [0.05, 0.1) is 17.1 Å². The number of benzene rings is 1. The molecule has 8 heteroatoms. The summed E-state index contributed by atoms with van der Waals surface area (Å²) in [4.78, 5) is 0.247. The maximum atomic E-state index is 11.4. The van der Waals surface area contributed by atoms with Crippen molar-refractivity contribution < 1.29 is 13.2 Å². The van der Waals surface area contributed by atoms with Gasteiger partial charge >= 0.3 is 0 Å². The van der Waals surface area contributed by atoms with Crippen molar-refractivity contribution >= 4 is 15.7 Å². The smallest absolute Gasteiger partial charge is 0.175 e. The van der Waals surface area contributed by atoms with Gasteiger partial charge in [-0.1, -0.05) is 0 Å². The number of nitriles is 1. The Balaban J connectivity index is 1.92. The zero-order valence-corrected chi connectivity index (χ0v) is 14.5. The van der Waals surface area contributed by atoms with E-state index in [9.17, 15) is 13.7 Å². The summed E-state index contributed by atoms with van der Waals surface area (Å²) in [5.74, 6) is 0.993. The van der Waals surface area contributed by atoms with E-state index in [4.69, 9.17) is 4.74 Å². The van der Waals surface area contributed by atoms with Gasteiger partial charge in [0.2, 0.25) is 0 Å². The minimum Gasteiger partial charge on any atom is -0.492 e. The van der Waals surface area contributed by atoms with E-state index < -0.39 is 9.84 Å². The summed E-state index contributed by atoms with van der Waals surface area (Å²) in [6.07, 6.45) is 1.16. The highest BCUT2D eigenvalue weighted by Gasteiger charge is 2.10. The Morgan fingerprint density at radius 3 is 2.46 bits per heavy atom. The molecule has 24 heavy (non-hydrogen) atoms. The van der Waals surface area contributed by atoms with Crippen molar-refractivity contribution in [3.05, 3.63) is 41.1 Å². The lowest BCUT2D eigenvalue weighted by Gasteiger charge is -2.10. The molecule has 0 radical (unpaired) electrons. The first-order valence-electron chi connectivity index (χ1n) is 7.23. The minimum atomic E-state index is -3.21. The Bertz CT molecular complexity index is 871. The molecule has 0 amide bonds. The van der Waals surface area contributed by atoms with Gasteiger partial charge < -0.3 is 10.1 Å². The lowest BCUT2D eigenvalue weighted by molar-refractivity contribution is 0.332. The number of hydrogen-bond donors (Lipinski definition) is 1. The molecule has 0 unspecified atom stereocenters. The van der Waals surface area contributed by atoms with Crippen LogP contribution in [0.2, 0.25) is 0 Å². The monoisotopic (exact) mass is 346 g/mol. The van der Waals surface area contributed by atoms with Gasteiger partial charge in [-0.25, -0.2) is 8.42 Å². The molecule has 0 spiro atoms. The van der Waals surface area contributed by atoms with Gasteiger partial charge in [-0.3, -0.25) is 0 Å². The molecule has 0 aliphatic rings. The van der Waals surface area contributed by atoms with E-state index in [1.54, 1.807) is 19.1 Å². The standard InChI is InChI=1S/C16H18N4O3S/c1-11-12(2)19-20-16(15(11)10-17)18-8-9-23-13-4-6-14(7-5-13)24(3,21)22/h4-7H,8-9H2,1-3H3,(H,18,20). The first-order valence-corrected chi connectivity index (χ1v) is 9.13. The van der Waals surface area contributed by atoms with Crippen LogP contribution < -0.4 is 10.1 Å². The Morgan fingerprint density at radius 1 is 1.21 bits per heavy atom. The number of nitrogens with one attached hydrogen (secondary N) is 1. The fourth-order valence-corrected chi connectivity index (χ4v) is 2.62. The van der Waals surface area contributed by atoms with Crippen LogP contribution >= 0.6 is 0 Å². The summed E-state index contributed by atoms with van der Waals surface area (Å²) in [5, 5.41) is 20.2. The van der Waals surface area contributed by atoms with Crippen molar-refractivity contribution in [1.82, 2.24) is 10.2 Å². The second-order valence-corrected chi connectivity index (χ2v) is 7.28. The summed E-state index contributed by atoms with van der Waals surface area (Å²) in [6, 6.07) is 8.33. The molecule has 126 valence electrons. The van der Waals surface area contributed by atoms with Crippen LogP contribution in [0.25, 0.3) is 0 Å². The van der Waals surface area contributed by atoms with Crippen LogP contribution in [0, 0.1) is 25.2 Å². The highest BCUT2D eigenvalue weighted by atomic mass is 32.2. The molecule has 2 rings (SSSR count). The average Bonchev–Trinajstić information content (AvgIpc) is 2.54. The average molecular weight is 346 g/mol. The molecule has 0 saturated heterocycles. The van der Waals surface area contributed by atoms with Gasteiger partial charge in [-0.2, -0.15) is 10.4 Å². The quantitative estimate of drug-likeness (QED) is 0.796. The third-order valence-electron chi connectivity index (χ3n) is 3.48. The predicted octanol–water partition coefficient (Wildman–Crippen LogP) is 1.86. The molecule has 2 aromatic rings. The summed E-state index contributed by atoms with van der Waals surface area (Å²) in [5.41, 5.74) is 1.99. The first kappa shape index (κ1) is 17.7. The lowest BCUT2D eigenvalue weighted by Crippen LogP contribution is -2.14. The molecule has 0 atom stereocenters. The minimum absolute atomic E-state index is 0.247. The van der Waals surface area contributed by atoms with E-state index in [1.165, 1.54) is 12.1 Å². The zero-order valence-electron chi connectivity index (χ0n) is 13.7. The second-order valence-electron chi connectivity index (χ2n) is 5.26. The molecule has 0 aliphatic carbocycles. The van der Waals surface area contributed by atoms with Crippen LogP contribution in [-0.4, -0.2) is 38.0 Å². The number of anilines is 1. The highest BCUT2D eigenvalue weighted by Crippen LogP contribution is 2.17. The third-order valence-corrected chi connectivity index (χ3v) is 4.61. The summed E-state index contributed by atoms with van der Waals surface area (Å²) >= 11 is 0. The Labute approximate surface area is 141 Å². The van der Waals surface area contributed by atoms with Crippen molar-refractivity contribution in [2.45, 2.75) is 18.7 Å². The zero-order chi connectivity index (χ0) is 17.7. The number of aryl methyl sites for hydroxylation is 1. The van der Waals surface area contributed by atoms with Gasteiger partial charge in [0.15, 0.2) is 15.7 Å². The molecule has 1 aromatic carbocycles. The molecular weight excluding hydrogens is 328 g/mol. The van der Waals surface area contributed by atoms with Crippen molar-refractivity contribution in [1.29, 1.82) is 5.26 Å². The highest BCUT2D eigenvalue weighted by molar-refractivity contribution is 7.90. The Kier molecular flexibility index (Phi) is 5.36. The molecule has 1 aromatic heterocycles. The van der Waals surface area contributed by atoms with Crippen molar-refractivity contribution in [2.75, 3.05) is 24.7 Å². The van der Waals surface area contributed by atoms with E-state index in [2.05, 4.69) is 21.6 Å². The van der Waals surface area contributed by atoms with E-state index in [0.29, 0.717) is 30.3 Å². The summed E-state index contributed by atoms with van der Waals surface area (Å²) in [7, 11) is -3.21. The topological polar surface area (TPSA) is 105 Å². The molecule has 0 fully saturated rings. The first-order chi connectivity index (χ1) is 11.3. The normalized spacial score (nSPS) is 10.9. The Hall–Kier alpha value is -2.66. The van der Waals surface area contributed by atoms with Crippen molar-refractivity contribution in [2.24, 2.45) is 0 Å². The van der Waals surface area contributed by atoms with Crippen molar-refractivity contribution in [3.63, 3.8) is 0 Å². The lowest BCUT2D eigenvalue weighted by atomic mass is 10.1. The maximum Gasteiger partial charge on any atom is 0.175 e. The molecular formula is C16H18N4O3S. The van der Waals surface area contributed by atoms with E-state index in [0.717, 1.165) is 17.5 Å². The molecule has 0 saturated carbocycles. The summed E-state index contributed by atoms with van der Waals surface area (Å²) in [6.45, 7) is 4.39. The second kappa shape index (κ2) is 7.27. The van der Waals surface area contributed by atoms with Gasteiger partial charge in [0, 0.05) is 6.26 Å². The Morgan fingerprint density at radius 2 is 1.88 bits per heavy atom. The molecule has 1 N–H and O–H groups in total. The van der Waals surface area contributed by atoms with Crippen LogP contribution in [0.15, 0.2) is 29.2 Å². The van der Waals surface area contributed by atoms with E-state index in [-0.39, 0.29) is 4.90 Å². The van der Waals surface area contributed by atoms with Gasteiger partial charge in [0.25, 0.3) is 0 Å². The number of nitrogens with zero attached hydrogens (tertiary/aromatic N) is 3. The van der Waals surface area contributed by atoms with Crippen LogP contribution in [0.1, 0.15) is 16.8 Å². The number of sulfone groups is 1. The largest absolute Gasteiger partial charge is 0.492 e. The van der Waals surface area contributed by atoms with Crippen LogP contribution in [0.3, 0.4) is 0 Å². The predicted molar refractivity (Wildman–Crippen MR) is 89.8 cm³/mol. The fraction of sp³-hybridized carbons (Fsp3) is 0.312. The van der Waals surface area contributed by atoms with Gasteiger partial charge in [0.1, 0.15) is 24.0 Å². The number of hydrogen-bond acceptors (Lipinski definition) is 7. The molecule has 0 bridgehead atoms. The third kappa shape index (κ3) is 4.20. The van der Waals surface area contributed by atoms with Crippen LogP contribution in [0.5, 0.6) is 5.75 Å². The number of aromatic nitrogens is 2. The van der Waals surface area contributed by atoms with Crippen molar-refractivity contribution in [3.8, 4) is 11.8 Å². The van der Waals surface area contributed by atoms with E-state index in [1.807, 2.05) is 6.92 Å². The molecule has 1 heterocycles.